The van der Waals surface area contributed by atoms with Crippen molar-refractivity contribution < 1.29 is 14.3 Å². The van der Waals surface area contributed by atoms with E-state index in [0.29, 0.717) is 15.5 Å². The third kappa shape index (κ3) is 3.41. The topological polar surface area (TPSA) is 72.7 Å². The van der Waals surface area contributed by atoms with Crippen LogP contribution in [0, 0.1) is 6.92 Å². The third-order valence-electron chi connectivity index (χ3n) is 4.18. The molecular formula is C20H17N3O3S. The molecule has 1 amide bonds. The monoisotopic (exact) mass is 379 g/mol. The van der Waals surface area contributed by atoms with Gasteiger partial charge in [0.1, 0.15) is 4.88 Å². The number of benzene rings is 2. The van der Waals surface area contributed by atoms with E-state index in [4.69, 9.17) is 4.74 Å². The van der Waals surface area contributed by atoms with Crippen molar-refractivity contribution in [2.24, 2.45) is 0 Å². The molecule has 0 fully saturated rings. The van der Waals surface area contributed by atoms with E-state index in [2.05, 4.69) is 10.3 Å². The van der Waals surface area contributed by atoms with Gasteiger partial charge in [-0.1, -0.05) is 47.7 Å². The molecule has 0 bridgehead atoms. The van der Waals surface area contributed by atoms with E-state index in [1.165, 1.54) is 11.3 Å². The Bertz CT molecular complexity index is 1120. The van der Waals surface area contributed by atoms with Gasteiger partial charge in [-0.05, 0) is 25.3 Å². The van der Waals surface area contributed by atoms with Crippen LogP contribution in [0.5, 0.6) is 0 Å². The van der Waals surface area contributed by atoms with Gasteiger partial charge in [0.05, 0.1) is 5.69 Å². The van der Waals surface area contributed by atoms with E-state index in [-0.39, 0.29) is 5.91 Å². The van der Waals surface area contributed by atoms with Crippen molar-refractivity contribution >= 4 is 44.6 Å². The maximum absolute atomic E-state index is 12.5. The Balaban J connectivity index is 1.46. The number of aromatic nitrogens is 2. The number of rotatable bonds is 4. The molecule has 0 aliphatic rings. The minimum absolute atomic E-state index is 0.378. The summed E-state index contributed by atoms with van der Waals surface area (Å²) in [6.45, 7) is 3.44. The van der Waals surface area contributed by atoms with Gasteiger partial charge in [0, 0.05) is 23.5 Å². The molecular weight excluding hydrogens is 362 g/mol. The summed E-state index contributed by atoms with van der Waals surface area (Å²) >= 11 is 1.23. The minimum atomic E-state index is -0.923. The predicted octanol–water partition coefficient (Wildman–Crippen LogP) is 4.04. The fraction of sp³-hybridized carbons (Fsp3) is 0.150. The zero-order valence-corrected chi connectivity index (χ0v) is 15.6. The van der Waals surface area contributed by atoms with Crippen molar-refractivity contribution in [3.8, 4) is 0 Å². The predicted molar refractivity (Wildman–Crippen MR) is 105 cm³/mol. The second-order valence-corrected chi connectivity index (χ2v) is 7.24. The Kier molecular flexibility index (Phi) is 4.37. The first-order chi connectivity index (χ1) is 13.0. The lowest BCUT2D eigenvalue weighted by Crippen LogP contribution is -2.29. The lowest BCUT2D eigenvalue weighted by molar-refractivity contribution is -0.123. The zero-order valence-electron chi connectivity index (χ0n) is 14.8. The summed E-state index contributed by atoms with van der Waals surface area (Å²) in [5, 5.41) is 4.80. The van der Waals surface area contributed by atoms with Crippen LogP contribution in [-0.4, -0.2) is 27.4 Å². The molecule has 0 radical (unpaired) electrons. The van der Waals surface area contributed by atoms with Gasteiger partial charge in [-0.3, -0.25) is 9.20 Å². The highest BCUT2D eigenvalue weighted by atomic mass is 32.1. The number of ether oxygens (including phenoxy) is 1. The summed E-state index contributed by atoms with van der Waals surface area (Å²) in [6, 6.07) is 13.4. The normalized spacial score (nSPS) is 12.2. The number of hydrogen-bond donors (Lipinski definition) is 1. The van der Waals surface area contributed by atoms with Crippen molar-refractivity contribution in [1.29, 1.82) is 0 Å². The quantitative estimate of drug-likeness (QED) is 0.543. The molecule has 0 aliphatic carbocycles. The third-order valence-corrected chi connectivity index (χ3v) is 5.15. The van der Waals surface area contributed by atoms with E-state index < -0.39 is 12.1 Å². The second kappa shape index (κ2) is 6.85. The van der Waals surface area contributed by atoms with Crippen LogP contribution in [0.25, 0.3) is 15.7 Å². The number of amides is 1. The lowest BCUT2D eigenvalue weighted by atomic mass is 10.1. The first kappa shape index (κ1) is 17.2. The minimum Gasteiger partial charge on any atom is -0.448 e. The van der Waals surface area contributed by atoms with Crippen molar-refractivity contribution in [1.82, 2.24) is 9.38 Å². The molecule has 0 saturated carbocycles. The molecule has 1 atom stereocenters. The number of nitrogens with one attached hydrogen (secondary N) is 1. The molecule has 2 heterocycles. The number of imidazole rings is 1. The highest BCUT2D eigenvalue weighted by molar-refractivity contribution is 7.18. The first-order valence-corrected chi connectivity index (χ1v) is 9.27. The number of anilines is 1. The van der Waals surface area contributed by atoms with Crippen LogP contribution < -0.4 is 5.32 Å². The van der Waals surface area contributed by atoms with Gasteiger partial charge >= 0.3 is 5.97 Å². The van der Waals surface area contributed by atoms with Crippen LogP contribution in [-0.2, 0) is 9.53 Å². The Morgan fingerprint density at radius 3 is 2.74 bits per heavy atom. The number of hydrogen-bond acceptors (Lipinski definition) is 5. The van der Waals surface area contributed by atoms with Gasteiger partial charge in [0.25, 0.3) is 5.91 Å². The average molecular weight is 379 g/mol. The molecule has 7 heteroatoms. The van der Waals surface area contributed by atoms with Gasteiger partial charge in [0.15, 0.2) is 11.1 Å². The molecule has 4 rings (SSSR count). The zero-order chi connectivity index (χ0) is 19.0. The molecule has 6 nitrogen and oxygen atoms in total. The Morgan fingerprint density at radius 2 is 1.93 bits per heavy atom. The van der Waals surface area contributed by atoms with Gasteiger partial charge in [-0.2, -0.15) is 0 Å². The average Bonchev–Trinajstić information content (AvgIpc) is 3.19. The summed E-state index contributed by atoms with van der Waals surface area (Å²) < 4.78 is 7.11. The lowest BCUT2D eigenvalue weighted by Gasteiger charge is -2.14. The molecule has 0 spiro atoms. The standard InChI is InChI=1S/C20H17N3O3S/c1-12-10-23-11-17(27-20(23)21-12)19(25)26-13(2)18(24)22-16-9-5-7-14-6-3-4-8-15(14)16/h3-11,13H,1-2H3,(H,22,24)/t13-/m0/s1. The van der Waals surface area contributed by atoms with E-state index in [9.17, 15) is 9.59 Å². The highest BCUT2D eigenvalue weighted by Crippen LogP contribution is 2.23. The molecule has 0 saturated heterocycles. The largest absolute Gasteiger partial charge is 0.448 e. The molecule has 27 heavy (non-hydrogen) atoms. The molecule has 4 aromatic rings. The Morgan fingerprint density at radius 1 is 1.15 bits per heavy atom. The van der Waals surface area contributed by atoms with Crippen molar-refractivity contribution in [3.63, 3.8) is 0 Å². The molecule has 0 aliphatic heterocycles. The summed E-state index contributed by atoms with van der Waals surface area (Å²) in [5.41, 5.74) is 1.56. The van der Waals surface area contributed by atoms with Crippen LogP contribution in [0.2, 0.25) is 0 Å². The molecule has 136 valence electrons. The second-order valence-electron chi connectivity index (χ2n) is 6.23. The van der Waals surface area contributed by atoms with Crippen molar-refractivity contribution in [2.45, 2.75) is 20.0 Å². The smallest absolute Gasteiger partial charge is 0.350 e. The molecule has 0 unspecified atom stereocenters. The highest BCUT2D eigenvalue weighted by Gasteiger charge is 2.21. The van der Waals surface area contributed by atoms with Crippen LogP contribution in [0.1, 0.15) is 22.3 Å². The summed E-state index contributed by atoms with van der Waals surface area (Å²) in [5.74, 6) is -0.916. The number of esters is 1. The van der Waals surface area contributed by atoms with E-state index in [1.807, 2.05) is 55.6 Å². The molecule has 2 aromatic heterocycles. The molecule has 1 N–H and O–H groups in total. The molecule has 2 aromatic carbocycles. The van der Waals surface area contributed by atoms with Crippen LogP contribution in [0.3, 0.4) is 0 Å². The number of fused-ring (bicyclic) bond motifs is 2. The van der Waals surface area contributed by atoms with Crippen LogP contribution >= 0.6 is 11.3 Å². The number of nitrogens with zero attached hydrogens (tertiary/aromatic N) is 2. The first-order valence-electron chi connectivity index (χ1n) is 8.46. The number of thiazole rings is 1. The maximum atomic E-state index is 12.5. The SMILES string of the molecule is Cc1cn2cc(C(=O)O[C@@H](C)C(=O)Nc3cccc4ccccc34)sc2n1. The van der Waals surface area contributed by atoms with Crippen molar-refractivity contribution in [3.05, 3.63) is 65.4 Å². The number of aryl methyl sites for hydroxylation is 1. The van der Waals surface area contributed by atoms with Gasteiger partial charge < -0.3 is 10.1 Å². The number of carbonyl (C=O) groups is 2. The Hall–Kier alpha value is -3.19. The van der Waals surface area contributed by atoms with E-state index in [1.54, 1.807) is 17.5 Å². The summed E-state index contributed by atoms with van der Waals surface area (Å²) in [4.78, 5) is 30.3. The van der Waals surface area contributed by atoms with Gasteiger partial charge in [0.2, 0.25) is 0 Å². The van der Waals surface area contributed by atoms with Gasteiger partial charge in [-0.25, -0.2) is 9.78 Å². The maximum Gasteiger partial charge on any atom is 0.350 e. The van der Waals surface area contributed by atoms with Gasteiger partial charge in [-0.15, -0.1) is 0 Å². The Labute approximate surface area is 159 Å². The van der Waals surface area contributed by atoms with Crippen LogP contribution in [0.4, 0.5) is 5.69 Å². The van der Waals surface area contributed by atoms with Crippen molar-refractivity contribution in [2.75, 3.05) is 5.32 Å². The van der Waals surface area contributed by atoms with E-state index in [0.717, 1.165) is 16.5 Å². The summed E-state index contributed by atoms with van der Waals surface area (Å²) in [6.07, 6.45) is 2.57. The van der Waals surface area contributed by atoms with Crippen LogP contribution in [0.15, 0.2) is 54.9 Å². The fourth-order valence-corrected chi connectivity index (χ4v) is 3.74. The van der Waals surface area contributed by atoms with E-state index >= 15 is 0 Å². The fourth-order valence-electron chi connectivity index (χ4n) is 2.85. The summed E-state index contributed by atoms with van der Waals surface area (Å²) in [7, 11) is 0. The number of carbonyl (C=O) groups excluding carboxylic acids is 2.